The predicted octanol–water partition coefficient (Wildman–Crippen LogP) is 5.00. The zero-order chi connectivity index (χ0) is 16.7. The summed E-state index contributed by atoms with van der Waals surface area (Å²) in [4.78, 5) is 11.3. The molecular weight excluding hydrogens is 318 g/mol. The molecule has 2 N–H and O–H groups in total. The number of hydrogen-bond acceptors (Lipinski definition) is 4. The molecule has 1 aromatic heterocycles. The molecule has 0 saturated heterocycles. The number of hydrogen-bond donors (Lipinski definition) is 2. The van der Waals surface area contributed by atoms with Gasteiger partial charge in [0, 0.05) is 13.0 Å². The third-order valence-electron chi connectivity index (χ3n) is 3.13. The van der Waals surface area contributed by atoms with Gasteiger partial charge in [-0.15, -0.1) is 11.3 Å². The van der Waals surface area contributed by atoms with Crippen LogP contribution in [0.2, 0.25) is 0 Å². The van der Waals surface area contributed by atoms with Crippen LogP contribution < -0.4 is 0 Å². The van der Waals surface area contributed by atoms with Crippen LogP contribution in [0.4, 0.5) is 0 Å². The van der Waals surface area contributed by atoms with Crippen molar-refractivity contribution in [3.8, 4) is 5.88 Å². The highest BCUT2D eigenvalue weighted by Gasteiger charge is 2.10. The summed E-state index contributed by atoms with van der Waals surface area (Å²) in [6.45, 7) is 6.62. The largest absolute Gasteiger partial charge is 0.493 e. The summed E-state index contributed by atoms with van der Waals surface area (Å²) in [6.07, 6.45) is 6.60. The molecule has 6 heteroatoms. The van der Waals surface area contributed by atoms with Crippen molar-refractivity contribution in [1.82, 2.24) is 4.57 Å². The fourth-order valence-corrected chi connectivity index (χ4v) is 3.36. The number of carboxylic acids is 1. The van der Waals surface area contributed by atoms with Gasteiger partial charge in [0.05, 0.1) is 4.88 Å². The summed E-state index contributed by atoms with van der Waals surface area (Å²) in [5.74, 6) is -0.696. The molecular formula is C16H23NO3S2. The van der Waals surface area contributed by atoms with Gasteiger partial charge < -0.3 is 10.2 Å². The van der Waals surface area contributed by atoms with Crippen molar-refractivity contribution in [2.75, 3.05) is 0 Å². The molecule has 122 valence electrons. The summed E-state index contributed by atoms with van der Waals surface area (Å²) in [7, 11) is 0. The Hall–Kier alpha value is -1.40. The van der Waals surface area contributed by atoms with Crippen molar-refractivity contribution in [1.29, 1.82) is 0 Å². The Morgan fingerprint density at radius 3 is 2.59 bits per heavy atom. The van der Waals surface area contributed by atoms with Crippen molar-refractivity contribution in [3.63, 3.8) is 0 Å². The lowest BCUT2D eigenvalue weighted by atomic mass is 10.1. The van der Waals surface area contributed by atoms with Gasteiger partial charge in [-0.05, 0) is 58.3 Å². The Morgan fingerprint density at radius 2 is 2.00 bits per heavy atom. The summed E-state index contributed by atoms with van der Waals surface area (Å²) < 4.78 is 2.18. The standard InChI is InChI=1S/C16H23NO3S2/c1-11(2)6-4-7-12(3)10-13-15(20)17(16(21)22-13)9-5-8-14(18)19/h6,10,20H,4-5,7-9H2,1-3H3,(H,18,19). The molecule has 0 bridgehead atoms. The van der Waals surface area contributed by atoms with Gasteiger partial charge >= 0.3 is 5.97 Å². The lowest BCUT2D eigenvalue weighted by Gasteiger charge is -2.03. The second kappa shape index (κ2) is 8.90. The summed E-state index contributed by atoms with van der Waals surface area (Å²) in [5, 5.41) is 18.9. The highest BCUT2D eigenvalue weighted by Crippen LogP contribution is 2.29. The SMILES string of the molecule is CC(C)=CCCC(C)=Cc1sc(=S)n(CCCC(=O)O)c1O. The van der Waals surface area contributed by atoms with Crippen molar-refractivity contribution in [3.05, 3.63) is 26.1 Å². The normalized spacial score (nSPS) is 11.5. The van der Waals surface area contributed by atoms with Gasteiger partial charge in [0.15, 0.2) is 3.95 Å². The maximum Gasteiger partial charge on any atom is 0.303 e. The summed E-state index contributed by atoms with van der Waals surface area (Å²) in [6, 6.07) is 0. The van der Waals surface area contributed by atoms with E-state index in [0.717, 1.165) is 17.7 Å². The van der Waals surface area contributed by atoms with Gasteiger partial charge in [0.25, 0.3) is 0 Å². The van der Waals surface area contributed by atoms with Gasteiger partial charge in [0.1, 0.15) is 0 Å². The molecule has 1 heterocycles. The summed E-state index contributed by atoms with van der Waals surface area (Å²) in [5.41, 5.74) is 2.48. The van der Waals surface area contributed by atoms with E-state index in [1.165, 1.54) is 22.5 Å². The highest BCUT2D eigenvalue weighted by atomic mass is 32.1. The Kier molecular flexibility index (Phi) is 7.55. The number of nitrogens with zero attached hydrogens (tertiary/aromatic N) is 1. The quantitative estimate of drug-likeness (QED) is 0.516. The Morgan fingerprint density at radius 1 is 1.32 bits per heavy atom. The number of aliphatic carboxylic acids is 1. The Bertz CT molecular complexity index is 634. The van der Waals surface area contributed by atoms with Crippen LogP contribution >= 0.6 is 23.6 Å². The minimum Gasteiger partial charge on any atom is -0.493 e. The zero-order valence-electron chi connectivity index (χ0n) is 13.3. The van der Waals surface area contributed by atoms with E-state index in [1.54, 1.807) is 4.57 Å². The molecule has 0 saturated carbocycles. The fourth-order valence-electron chi connectivity index (χ4n) is 1.98. The molecule has 0 atom stereocenters. The number of allylic oxidation sites excluding steroid dienone is 3. The number of thiazole rings is 1. The Balaban J connectivity index is 2.78. The number of aromatic nitrogens is 1. The molecule has 0 amide bonds. The minimum atomic E-state index is -0.837. The molecule has 22 heavy (non-hydrogen) atoms. The predicted molar refractivity (Wildman–Crippen MR) is 94.0 cm³/mol. The lowest BCUT2D eigenvalue weighted by Crippen LogP contribution is -2.01. The molecule has 0 unspecified atom stereocenters. The van der Waals surface area contributed by atoms with E-state index in [4.69, 9.17) is 17.3 Å². The minimum absolute atomic E-state index is 0.0734. The zero-order valence-corrected chi connectivity index (χ0v) is 14.9. The van der Waals surface area contributed by atoms with Crippen molar-refractivity contribution >= 4 is 35.6 Å². The van der Waals surface area contributed by atoms with Crippen LogP contribution in [0.25, 0.3) is 6.08 Å². The third kappa shape index (κ3) is 6.15. The van der Waals surface area contributed by atoms with Gasteiger partial charge in [-0.2, -0.15) is 0 Å². The second-order valence-electron chi connectivity index (χ2n) is 5.52. The first-order valence-electron chi connectivity index (χ1n) is 7.26. The van der Waals surface area contributed by atoms with E-state index in [2.05, 4.69) is 19.9 Å². The van der Waals surface area contributed by atoms with Crippen molar-refractivity contribution in [2.24, 2.45) is 0 Å². The third-order valence-corrected chi connectivity index (χ3v) is 4.52. The molecule has 0 aliphatic carbocycles. The van der Waals surface area contributed by atoms with E-state index in [0.29, 0.717) is 16.9 Å². The van der Waals surface area contributed by atoms with Crippen LogP contribution in [0.5, 0.6) is 5.88 Å². The number of rotatable bonds is 8. The average Bonchev–Trinajstić information content (AvgIpc) is 2.65. The maximum absolute atomic E-state index is 10.5. The Labute approximate surface area is 140 Å². The van der Waals surface area contributed by atoms with Crippen molar-refractivity contribution in [2.45, 2.75) is 53.0 Å². The molecule has 1 aromatic rings. The topological polar surface area (TPSA) is 62.5 Å². The fraction of sp³-hybridized carbons (Fsp3) is 0.500. The molecule has 0 aliphatic rings. The second-order valence-corrected chi connectivity index (χ2v) is 7.19. The molecule has 0 radical (unpaired) electrons. The monoisotopic (exact) mass is 341 g/mol. The van der Waals surface area contributed by atoms with E-state index in [9.17, 15) is 9.90 Å². The van der Waals surface area contributed by atoms with Crippen LogP contribution in [0.1, 0.15) is 51.3 Å². The van der Waals surface area contributed by atoms with E-state index in [1.807, 2.05) is 13.0 Å². The number of carbonyl (C=O) groups is 1. The van der Waals surface area contributed by atoms with Crippen LogP contribution in [0.15, 0.2) is 17.2 Å². The smallest absolute Gasteiger partial charge is 0.303 e. The average molecular weight is 341 g/mol. The number of aromatic hydroxyl groups is 1. The van der Waals surface area contributed by atoms with Gasteiger partial charge in [0.2, 0.25) is 5.88 Å². The molecule has 0 aromatic carbocycles. The first-order chi connectivity index (χ1) is 10.3. The van der Waals surface area contributed by atoms with Gasteiger partial charge in [-0.1, -0.05) is 17.2 Å². The van der Waals surface area contributed by atoms with E-state index >= 15 is 0 Å². The molecule has 0 spiro atoms. The van der Waals surface area contributed by atoms with Crippen LogP contribution in [0.3, 0.4) is 0 Å². The molecule has 0 aliphatic heterocycles. The lowest BCUT2D eigenvalue weighted by molar-refractivity contribution is -0.137. The van der Waals surface area contributed by atoms with Crippen LogP contribution in [0, 0.1) is 3.95 Å². The van der Waals surface area contributed by atoms with Crippen LogP contribution in [-0.4, -0.2) is 20.7 Å². The van der Waals surface area contributed by atoms with E-state index < -0.39 is 5.97 Å². The number of carboxylic acid groups (broad SMARTS) is 1. The maximum atomic E-state index is 10.5. The molecule has 4 nitrogen and oxygen atoms in total. The molecule has 0 fully saturated rings. The van der Waals surface area contributed by atoms with Crippen molar-refractivity contribution < 1.29 is 15.0 Å². The summed E-state index contributed by atoms with van der Waals surface area (Å²) >= 11 is 6.61. The van der Waals surface area contributed by atoms with Gasteiger partial charge in [-0.3, -0.25) is 9.36 Å². The highest BCUT2D eigenvalue weighted by molar-refractivity contribution is 7.73. The van der Waals surface area contributed by atoms with Crippen LogP contribution in [-0.2, 0) is 11.3 Å². The van der Waals surface area contributed by atoms with Gasteiger partial charge in [-0.25, -0.2) is 0 Å². The first-order valence-corrected chi connectivity index (χ1v) is 8.48. The first kappa shape index (κ1) is 18.6. The van der Waals surface area contributed by atoms with E-state index in [-0.39, 0.29) is 12.3 Å². The molecule has 1 rings (SSSR count).